The Hall–Kier alpha value is 0.230. The highest BCUT2D eigenvalue weighted by molar-refractivity contribution is 7.99. The highest BCUT2D eigenvalue weighted by Gasteiger charge is 2.30. The molecule has 1 aliphatic rings. The molecule has 3 nitrogen and oxygen atoms in total. The number of hydrogen-bond donors (Lipinski definition) is 2. The Morgan fingerprint density at radius 2 is 2.43 bits per heavy atom. The molecule has 1 saturated heterocycles. The largest absolute Gasteiger partial charge is 0.380 e. The normalized spacial score (nSPS) is 30.2. The Morgan fingerprint density at radius 3 is 2.93 bits per heavy atom. The Bertz CT molecular complexity index is 160. The van der Waals surface area contributed by atoms with Gasteiger partial charge in [0.1, 0.15) is 0 Å². The Labute approximate surface area is 91.1 Å². The number of hydrogen-bond acceptors (Lipinski definition) is 4. The molecule has 2 unspecified atom stereocenters. The molecule has 3 N–H and O–H groups in total. The molecule has 0 bridgehead atoms. The van der Waals surface area contributed by atoms with Crippen molar-refractivity contribution in [1.29, 1.82) is 0 Å². The third kappa shape index (κ3) is 3.42. The zero-order valence-electron chi connectivity index (χ0n) is 9.21. The summed E-state index contributed by atoms with van der Waals surface area (Å²) in [5.41, 5.74) is 6.01. The second-order valence-electron chi connectivity index (χ2n) is 4.07. The van der Waals surface area contributed by atoms with Crippen molar-refractivity contribution in [3.8, 4) is 0 Å². The predicted molar refractivity (Wildman–Crippen MR) is 62.8 cm³/mol. The summed E-state index contributed by atoms with van der Waals surface area (Å²) in [7, 11) is 1.75. The fraction of sp³-hybridized carbons (Fsp3) is 1.00. The van der Waals surface area contributed by atoms with Gasteiger partial charge in [-0.15, -0.1) is 0 Å². The van der Waals surface area contributed by atoms with Gasteiger partial charge in [-0.1, -0.05) is 0 Å². The molecule has 1 heterocycles. The van der Waals surface area contributed by atoms with Crippen LogP contribution in [0.1, 0.15) is 19.8 Å². The molecule has 0 amide bonds. The van der Waals surface area contributed by atoms with Crippen molar-refractivity contribution in [1.82, 2.24) is 5.32 Å². The number of nitrogens with one attached hydrogen (secondary N) is 1. The average Bonchev–Trinajstić information content (AvgIpc) is 2.27. The molecule has 0 radical (unpaired) electrons. The second kappa shape index (κ2) is 5.95. The lowest BCUT2D eigenvalue weighted by atomic mass is 9.95. The Kier molecular flexibility index (Phi) is 5.23. The minimum absolute atomic E-state index is 0.162. The van der Waals surface area contributed by atoms with E-state index in [0.717, 1.165) is 18.8 Å². The van der Waals surface area contributed by atoms with Crippen LogP contribution in [0, 0.1) is 0 Å². The van der Waals surface area contributed by atoms with Gasteiger partial charge in [0.05, 0.1) is 6.10 Å². The van der Waals surface area contributed by atoms with Crippen LogP contribution >= 0.6 is 11.8 Å². The molecule has 1 aliphatic heterocycles. The van der Waals surface area contributed by atoms with Gasteiger partial charge in [0.2, 0.25) is 0 Å². The first-order valence-electron chi connectivity index (χ1n) is 5.28. The minimum Gasteiger partial charge on any atom is -0.380 e. The molecule has 0 saturated carbocycles. The number of nitrogens with two attached hydrogens (primary N) is 1. The summed E-state index contributed by atoms with van der Waals surface area (Å²) in [6.45, 7) is 3.71. The lowest BCUT2D eigenvalue weighted by Crippen LogP contribution is -2.56. The van der Waals surface area contributed by atoms with Crippen LogP contribution in [0.5, 0.6) is 0 Å². The van der Waals surface area contributed by atoms with E-state index in [9.17, 15) is 0 Å². The van der Waals surface area contributed by atoms with Crippen molar-refractivity contribution >= 4 is 11.8 Å². The first kappa shape index (κ1) is 12.3. The Balaban J connectivity index is 2.36. The second-order valence-corrected chi connectivity index (χ2v) is 5.17. The molecule has 1 rings (SSSR count). The van der Waals surface area contributed by atoms with E-state index in [1.54, 1.807) is 7.11 Å². The zero-order valence-corrected chi connectivity index (χ0v) is 10.0. The summed E-state index contributed by atoms with van der Waals surface area (Å²) in [6.07, 6.45) is 2.74. The maximum Gasteiger partial charge on any atom is 0.0667 e. The van der Waals surface area contributed by atoms with Gasteiger partial charge < -0.3 is 15.8 Å². The van der Waals surface area contributed by atoms with Crippen molar-refractivity contribution in [2.45, 2.75) is 31.4 Å². The summed E-state index contributed by atoms with van der Waals surface area (Å²) in [5, 5.41) is 3.56. The van der Waals surface area contributed by atoms with Gasteiger partial charge in [0.25, 0.3) is 0 Å². The van der Waals surface area contributed by atoms with Gasteiger partial charge >= 0.3 is 0 Å². The fourth-order valence-electron chi connectivity index (χ4n) is 1.67. The van der Waals surface area contributed by atoms with Crippen molar-refractivity contribution in [2.24, 2.45) is 5.73 Å². The third-order valence-corrected chi connectivity index (χ3v) is 4.21. The summed E-state index contributed by atoms with van der Waals surface area (Å²) in [4.78, 5) is 0. The van der Waals surface area contributed by atoms with E-state index in [4.69, 9.17) is 10.5 Å². The maximum absolute atomic E-state index is 5.85. The van der Waals surface area contributed by atoms with Gasteiger partial charge in [-0.25, -0.2) is 0 Å². The average molecular weight is 218 g/mol. The topological polar surface area (TPSA) is 47.3 Å². The summed E-state index contributed by atoms with van der Waals surface area (Å²) >= 11 is 2.00. The highest BCUT2D eigenvalue weighted by Crippen LogP contribution is 2.25. The van der Waals surface area contributed by atoms with Crippen molar-refractivity contribution in [3.63, 3.8) is 0 Å². The molecule has 84 valence electrons. The summed E-state index contributed by atoms with van der Waals surface area (Å²) < 4.78 is 5.22. The summed E-state index contributed by atoms with van der Waals surface area (Å²) in [5.74, 6) is 2.42. The lowest BCUT2D eigenvalue weighted by Gasteiger charge is -2.37. The van der Waals surface area contributed by atoms with E-state index in [0.29, 0.717) is 0 Å². The molecule has 4 heteroatoms. The van der Waals surface area contributed by atoms with E-state index in [-0.39, 0.29) is 11.6 Å². The first-order valence-corrected chi connectivity index (χ1v) is 6.43. The van der Waals surface area contributed by atoms with Gasteiger partial charge in [0, 0.05) is 31.5 Å². The molecule has 14 heavy (non-hydrogen) atoms. The minimum atomic E-state index is 0.162. The number of thioether (sulfide) groups is 1. The van der Waals surface area contributed by atoms with Crippen LogP contribution in [0.15, 0.2) is 0 Å². The smallest absolute Gasteiger partial charge is 0.0667 e. The maximum atomic E-state index is 5.85. The molecule has 0 aromatic rings. The van der Waals surface area contributed by atoms with Crippen molar-refractivity contribution < 1.29 is 4.74 Å². The lowest BCUT2D eigenvalue weighted by molar-refractivity contribution is 0.107. The van der Waals surface area contributed by atoms with Crippen LogP contribution in [-0.4, -0.2) is 43.3 Å². The highest BCUT2D eigenvalue weighted by atomic mass is 32.2. The van der Waals surface area contributed by atoms with Crippen LogP contribution in [0.4, 0.5) is 0 Å². The summed E-state index contributed by atoms with van der Waals surface area (Å²) in [6, 6.07) is 0. The van der Waals surface area contributed by atoms with Gasteiger partial charge in [-0.05, 0) is 25.5 Å². The van der Waals surface area contributed by atoms with E-state index in [1.165, 1.54) is 18.6 Å². The van der Waals surface area contributed by atoms with Crippen molar-refractivity contribution in [2.75, 3.05) is 31.7 Å². The number of rotatable bonds is 5. The quantitative estimate of drug-likeness (QED) is 0.718. The van der Waals surface area contributed by atoms with Crippen LogP contribution in [0.25, 0.3) is 0 Å². The molecule has 0 spiro atoms. The van der Waals surface area contributed by atoms with Crippen molar-refractivity contribution in [3.05, 3.63) is 0 Å². The van der Waals surface area contributed by atoms with Gasteiger partial charge in [-0.2, -0.15) is 11.8 Å². The van der Waals surface area contributed by atoms with Crippen LogP contribution < -0.4 is 11.1 Å². The van der Waals surface area contributed by atoms with E-state index in [2.05, 4.69) is 12.2 Å². The number of ether oxygens (including phenoxy) is 1. The van der Waals surface area contributed by atoms with Gasteiger partial charge in [0.15, 0.2) is 0 Å². The van der Waals surface area contributed by atoms with Crippen LogP contribution in [-0.2, 0) is 4.74 Å². The monoisotopic (exact) mass is 218 g/mol. The first-order chi connectivity index (χ1) is 6.72. The predicted octanol–water partition coefficient (Wildman–Crippen LogP) is 0.835. The molecule has 2 atom stereocenters. The Morgan fingerprint density at radius 1 is 1.64 bits per heavy atom. The van der Waals surface area contributed by atoms with Crippen LogP contribution in [0.2, 0.25) is 0 Å². The third-order valence-electron chi connectivity index (χ3n) is 2.88. The molecule has 0 aromatic heterocycles. The van der Waals surface area contributed by atoms with E-state index >= 15 is 0 Å². The van der Waals surface area contributed by atoms with E-state index < -0.39 is 0 Å². The molecule has 0 aliphatic carbocycles. The SMILES string of the molecule is COC(C)CNC1(CN)CCCSC1. The number of methoxy groups -OCH3 is 1. The molecular formula is C10H22N2OS. The fourth-order valence-corrected chi connectivity index (χ4v) is 2.92. The zero-order chi connectivity index (χ0) is 10.4. The molecular weight excluding hydrogens is 196 g/mol. The van der Waals surface area contributed by atoms with E-state index in [1.807, 2.05) is 11.8 Å². The van der Waals surface area contributed by atoms with Gasteiger partial charge in [-0.3, -0.25) is 0 Å². The van der Waals surface area contributed by atoms with Crippen LogP contribution in [0.3, 0.4) is 0 Å². The molecule has 1 fully saturated rings. The molecule has 0 aromatic carbocycles. The standard InChI is InChI=1S/C10H22N2OS/c1-9(13-2)6-12-10(7-11)4-3-5-14-8-10/h9,12H,3-8,11H2,1-2H3.